The lowest BCUT2D eigenvalue weighted by molar-refractivity contribution is -0.137. The van der Waals surface area contributed by atoms with Crippen LogP contribution in [-0.2, 0) is 6.18 Å². The Kier molecular flexibility index (Phi) is 4.71. The monoisotopic (exact) mass is 361 g/mol. The molecule has 3 rings (SSSR count). The van der Waals surface area contributed by atoms with Gasteiger partial charge in [0.1, 0.15) is 5.75 Å². The van der Waals surface area contributed by atoms with Gasteiger partial charge in [0.15, 0.2) is 0 Å². The molecule has 0 atom stereocenters. The quantitative estimate of drug-likeness (QED) is 0.699. The maximum atomic E-state index is 12.8. The number of halogens is 3. The number of methoxy groups -OCH3 is 1. The molecule has 136 valence electrons. The van der Waals surface area contributed by atoms with Crippen molar-refractivity contribution in [2.75, 3.05) is 12.4 Å². The summed E-state index contributed by atoms with van der Waals surface area (Å²) in [5.74, 6) is 1.04. The zero-order chi connectivity index (χ0) is 18.9. The largest absolute Gasteiger partial charge is 0.496 e. The van der Waals surface area contributed by atoms with Gasteiger partial charge in [-0.05, 0) is 37.6 Å². The topological polar surface area (TPSA) is 47.0 Å². The normalized spacial score (nSPS) is 11.8. The third kappa shape index (κ3) is 3.71. The molecule has 0 fully saturated rings. The number of ether oxygens (including phenoxy) is 1. The Bertz CT molecular complexity index is 922. The van der Waals surface area contributed by atoms with Crippen LogP contribution in [0.1, 0.15) is 19.4 Å². The summed E-state index contributed by atoms with van der Waals surface area (Å²) >= 11 is 0. The second-order valence-electron chi connectivity index (χ2n) is 6.18. The van der Waals surface area contributed by atoms with Gasteiger partial charge in [0.2, 0.25) is 5.95 Å². The van der Waals surface area contributed by atoms with Crippen LogP contribution in [0.3, 0.4) is 0 Å². The second-order valence-corrected chi connectivity index (χ2v) is 6.18. The van der Waals surface area contributed by atoms with Crippen LogP contribution in [0, 0.1) is 0 Å². The minimum absolute atomic E-state index is 0.195. The number of aromatic nitrogens is 2. The number of alkyl halides is 3. The van der Waals surface area contributed by atoms with Crippen molar-refractivity contribution < 1.29 is 17.9 Å². The Morgan fingerprint density at radius 1 is 1.08 bits per heavy atom. The van der Waals surface area contributed by atoms with Crippen LogP contribution in [0.5, 0.6) is 5.75 Å². The van der Waals surface area contributed by atoms with Crippen molar-refractivity contribution in [3.8, 4) is 16.9 Å². The van der Waals surface area contributed by atoms with Crippen LogP contribution >= 0.6 is 0 Å². The molecule has 2 aromatic carbocycles. The Hall–Kier alpha value is -2.83. The number of anilines is 1. The molecular formula is C19H18F3N3O. The minimum atomic E-state index is -4.36. The molecule has 26 heavy (non-hydrogen) atoms. The number of hydrogen-bond acceptors (Lipinski definition) is 4. The summed E-state index contributed by atoms with van der Waals surface area (Å²) in [6.07, 6.45) is -2.68. The molecule has 0 aliphatic rings. The summed E-state index contributed by atoms with van der Waals surface area (Å²) in [4.78, 5) is 8.73. The fourth-order valence-corrected chi connectivity index (χ4v) is 2.62. The van der Waals surface area contributed by atoms with Crippen molar-refractivity contribution in [2.45, 2.75) is 26.1 Å². The third-order valence-corrected chi connectivity index (χ3v) is 3.84. The van der Waals surface area contributed by atoms with Gasteiger partial charge < -0.3 is 10.1 Å². The highest BCUT2D eigenvalue weighted by Crippen LogP contribution is 2.36. The zero-order valence-corrected chi connectivity index (χ0v) is 14.6. The fraction of sp³-hybridized carbons (Fsp3) is 0.263. The average Bonchev–Trinajstić information content (AvgIpc) is 2.59. The van der Waals surface area contributed by atoms with E-state index in [-0.39, 0.29) is 6.04 Å². The molecule has 0 saturated heterocycles. The molecule has 0 amide bonds. The highest BCUT2D eigenvalue weighted by molar-refractivity contribution is 5.88. The van der Waals surface area contributed by atoms with E-state index in [1.165, 1.54) is 19.2 Å². The van der Waals surface area contributed by atoms with E-state index in [4.69, 9.17) is 4.74 Å². The lowest BCUT2D eigenvalue weighted by Gasteiger charge is -2.13. The molecule has 7 heteroatoms. The van der Waals surface area contributed by atoms with Crippen molar-refractivity contribution in [3.05, 3.63) is 48.2 Å². The fourth-order valence-electron chi connectivity index (χ4n) is 2.62. The third-order valence-electron chi connectivity index (χ3n) is 3.84. The van der Waals surface area contributed by atoms with Crippen LogP contribution in [0.25, 0.3) is 22.0 Å². The lowest BCUT2D eigenvalue weighted by Crippen LogP contribution is -2.12. The number of nitrogens with zero attached hydrogens (tertiary/aromatic N) is 2. The van der Waals surface area contributed by atoms with Gasteiger partial charge in [0.25, 0.3) is 0 Å². The molecule has 1 aromatic heterocycles. The average molecular weight is 361 g/mol. The molecule has 1 heterocycles. The van der Waals surface area contributed by atoms with Gasteiger partial charge in [-0.25, -0.2) is 9.97 Å². The van der Waals surface area contributed by atoms with E-state index in [1.807, 2.05) is 19.9 Å². The lowest BCUT2D eigenvalue weighted by atomic mass is 10.0. The van der Waals surface area contributed by atoms with Gasteiger partial charge in [-0.2, -0.15) is 13.2 Å². The number of rotatable bonds is 4. The van der Waals surface area contributed by atoms with Gasteiger partial charge in [-0.3, -0.25) is 0 Å². The summed E-state index contributed by atoms with van der Waals surface area (Å²) in [5.41, 5.74) is 1.31. The van der Waals surface area contributed by atoms with Crippen LogP contribution in [0.4, 0.5) is 19.1 Å². The predicted molar refractivity (Wildman–Crippen MR) is 95.3 cm³/mol. The Morgan fingerprint density at radius 3 is 2.35 bits per heavy atom. The van der Waals surface area contributed by atoms with E-state index in [0.717, 1.165) is 17.5 Å². The van der Waals surface area contributed by atoms with Crippen molar-refractivity contribution in [3.63, 3.8) is 0 Å². The molecule has 0 unspecified atom stereocenters. The van der Waals surface area contributed by atoms with Gasteiger partial charge in [0.05, 0.1) is 18.2 Å². The summed E-state index contributed by atoms with van der Waals surface area (Å²) in [6.45, 7) is 3.98. The Balaban J connectivity index is 2.05. The molecule has 4 nitrogen and oxygen atoms in total. The van der Waals surface area contributed by atoms with E-state index in [2.05, 4.69) is 15.3 Å². The molecule has 0 aliphatic carbocycles. The van der Waals surface area contributed by atoms with E-state index in [9.17, 15) is 13.2 Å². The molecule has 3 aromatic rings. The van der Waals surface area contributed by atoms with Crippen LogP contribution in [0.15, 0.2) is 42.6 Å². The minimum Gasteiger partial charge on any atom is -0.496 e. The van der Waals surface area contributed by atoms with Crippen molar-refractivity contribution in [1.29, 1.82) is 0 Å². The van der Waals surface area contributed by atoms with Crippen molar-refractivity contribution in [2.24, 2.45) is 0 Å². The van der Waals surface area contributed by atoms with E-state index in [0.29, 0.717) is 28.3 Å². The molecule has 1 N–H and O–H groups in total. The summed E-state index contributed by atoms with van der Waals surface area (Å²) in [6, 6.07) is 8.76. The maximum Gasteiger partial charge on any atom is 0.416 e. The first-order valence-electron chi connectivity index (χ1n) is 8.07. The molecule has 0 saturated carbocycles. The summed E-state index contributed by atoms with van der Waals surface area (Å²) in [7, 11) is 1.52. The Labute approximate surface area is 149 Å². The maximum absolute atomic E-state index is 12.8. The first-order valence-corrected chi connectivity index (χ1v) is 8.07. The molecule has 0 spiro atoms. The SMILES string of the molecule is COc1cc2nc(NC(C)C)ncc2cc1-c1ccc(C(F)(F)F)cc1. The number of fused-ring (bicyclic) bond motifs is 1. The van der Waals surface area contributed by atoms with Crippen LogP contribution in [-0.4, -0.2) is 23.1 Å². The predicted octanol–water partition coefficient (Wildman–Crippen LogP) is 5.14. The summed E-state index contributed by atoms with van der Waals surface area (Å²) < 4.78 is 43.7. The number of benzene rings is 2. The summed E-state index contributed by atoms with van der Waals surface area (Å²) in [5, 5.41) is 3.90. The van der Waals surface area contributed by atoms with Crippen LogP contribution < -0.4 is 10.1 Å². The smallest absolute Gasteiger partial charge is 0.416 e. The van der Waals surface area contributed by atoms with Gasteiger partial charge in [-0.15, -0.1) is 0 Å². The van der Waals surface area contributed by atoms with Gasteiger partial charge in [-0.1, -0.05) is 12.1 Å². The van der Waals surface area contributed by atoms with Crippen molar-refractivity contribution in [1.82, 2.24) is 9.97 Å². The molecule has 0 bridgehead atoms. The van der Waals surface area contributed by atoms with Gasteiger partial charge >= 0.3 is 6.18 Å². The van der Waals surface area contributed by atoms with E-state index < -0.39 is 11.7 Å². The van der Waals surface area contributed by atoms with E-state index >= 15 is 0 Å². The number of nitrogens with one attached hydrogen (secondary N) is 1. The van der Waals surface area contributed by atoms with Crippen molar-refractivity contribution >= 4 is 16.9 Å². The first kappa shape index (κ1) is 18.0. The highest BCUT2D eigenvalue weighted by atomic mass is 19.4. The standard InChI is InChI=1S/C19H18F3N3O/c1-11(2)24-18-23-10-13-8-15(17(26-3)9-16(13)25-18)12-4-6-14(7-5-12)19(20,21)22/h4-11H,1-3H3,(H,23,24,25). The second kappa shape index (κ2) is 6.82. The number of hydrogen-bond donors (Lipinski definition) is 1. The molecular weight excluding hydrogens is 343 g/mol. The Morgan fingerprint density at radius 2 is 1.77 bits per heavy atom. The van der Waals surface area contributed by atoms with Crippen LogP contribution in [0.2, 0.25) is 0 Å². The van der Waals surface area contributed by atoms with Gasteiger partial charge in [0, 0.05) is 29.3 Å². The molecule has 0 radical (unpaired) electrons. The molecule has 0 aliphatic heterocycles. The van der Waals surface area contributed by atoms with E-state index in [1.54, 1.807) is 12.3 Å². The zero-order valence-electron chi connectivity index (χ0n) is 14.6. The highest BCUT2D eigenvalue weighted by Gasteiger charge is 2.30. The first-order chi connectivity index (χ1) is 12.3.